The van der Waals surface area contributed by atoms with Crippen LogP contribution in [0.2, 0.25) is 5.04 Å². The fourth-order valence-electron chi connectivity index (χ4n) is 5.70. The van der Waals surface area contributed by atoms with Crippen molar-refractivity contribution in [2.24, 2.45) is 0 Å². The minimum Gasteiger partial charge on any atom is -0.489 e. The lowest BCUT2D eigenvalue weighted by Gasteiger charge is -2.43. The van der Waals surface area contributed by atoms with Crippen LogP contribution in [0.3, 0.4) is 0 Å². The summed E-state index contributed by atoms with van der Waals surface area (Å²) < 4.78 is 18.8. The summed E-state index contributed by atoms with van der Waals surface area (Å²) in [6.45, 7) is 15.5. The number of hydrogen-bond acceptors (Lipinski definition) is 4. The van der Waals surface area contributed by atoms with Gasteiger partial charge in [-0.15, -0.1) is 0 Å². The maximum Gasteiger partial charge on any atom is 0.408 e. The highest BCUT2D eigenvalue weighted by molar-refractivity contribution is 6.99. The molecule has 1 N–H and O–H groups in total. The van der Waals surface area contributed by atoms with Gasteiger partial charge in [-0.2, -0.15) is 0 Å². The van der Waals surface area contributed by atoms with E-state index in [1.165, 1.54) is 10.4 Å². The van der Waals surface area contributed by atoms with Gasteiger partial charge in [0.05, 0.1) is 12.6 Å². The molecule has 0 unspecified atom stereocenters. The van der Waals surface area contributed by atoms with Gasteiger partial charge >= 0.3 is 6.09 Å². The molecule has 0 aliphatic carbocycles. The SMILES string of the molecule is C/C(=C\[C@H](Cc1ccc(OCc2ccccc2)cc1)NC(=O)OC(C)(C)C)CO[Si](c1ccccc1)(c1ccccc1)C(C)(C)C. The second-order valence-corrected chi connectivity index (χ2v) is 18.1. The summed E-state index contributed by atoms with van der Waals surface area (Å²) in [7, 11) is -2.71. The molecule has 0 aliphatic heterocycles. The Morgan fingerprint density at radius 2 is 1.26 bits per heavy atom. The van der Waals surface area contributed by atoms with Crippen LogP contribution < -0.4 is 20.4 Å². The zero-order valence-electron chi connectivity index (χ0n) is 28.4. The highest BCUT2D eigenvalue weighted by atomic mass is 28.4. The molecule has 0 spiro atoms. The minimum atomic E-state index is -2.71. The molecule has 1 amide bonds. The Kier molecular flexibility index (Phi) is 11.7. The van der Waals surface area contributed by atoms with Gasteiger partial charge < -0.3 is 19.2 Å². The second kappa shape index (κ2) is 15.4. The van der Waals surface area contributed by atoms with Crippen molar-refractivity contribution >= 4 is 24.8 Å². The van der Waals surface area contributed by atoms with E-state index in [1.807, 2.05) is 75.4 Å². The van der Waals surface area contributed by atoms with E-state index in [1.54, 1.807) is 0 Å². The molecule has 6 heteroatoms. The monoisotopic (exact) mass is 635 g/mol. The van der Waals surface area contributed by atoms with E-state index in [4.69, 9.17) is 13.9 Å². The third kappa shape index (κ3) is 9.68. The molecule has 0 aromatic heterocycles. The number of amides is 1. The lowest BCUT2D eigenvalue weighted by molar-refractivity contribution is 0.0514. The molecule has 4 aromatic rings. The van der Waals surface area contributed by atoms with Crippen LogP contribution in [0, 0.1) is 0 Å². The van der Waals surface area contributed by atoms with Gasteiger partial charge in [-0.05, 0) is 72.8 Å². The van der Waals surface area contributed by atoms with Crippen molar-refractivity contribution < 1.29 is 18.7 Å². The summed E-state index contributed by atoms with van der Waals surface area (Å²) in [6.07, 6.45) is 2.24. The summed E-state index contributed by atoms with van der Waals surface area (Å²) >= 11 is 0. The van der Waals surface area contributed by atoms with Crippen molar-refractivity contribution in [1.82, 2.24) is 5.32 Å². The number of ether oxygens (including phenoxy) is 2. The quantitative estimate of drug-likeness (QED) is 0.126. The van der Waals surface area contributed by atoms with Gasteiger partial charge in [0.25, 0.3) is 8.32 Å². The third-order valence-corrected chi connectivity index (χ3v) is 12.7. The number of alkyl carbamates (subject to hydrolysis) is 1. The lowest BCUT2D eigenvalue weighted by atomic mass is 10.0. The van der Waals surface area contributed by atoms with Crippen LogP contribution in [0.4, 0.5) is 4.79 Å². The first-order valence-electron chi connectivity index (χ1n) is 16.0. The molecular weight excluding hydrogens is 587 g/mol. The predicted octanol–water partition coefficient (Wildman–Crippen LogP) is 8.22. The molecule has 46 heavy (non-hydrogen) atoms. The van der Waals surface area contributed by atoms with Gasteiger partial charge in [0.1, 0.15) is 18.0 Å². The molecule has 0 heterocycles. The Hall–Kier alpha value is -4.13. The second-order valence-electron chi connectivity index (χ2n) is 13.8. The van der Waals surface area contributed by atoms with E-state index in [-0.39, 0.29) is 11.1 Å². The van der Waals surface area contributed by atoms with Crippen molar-refractivity contribution in [3.8, 4) is 5.75 Å². The van der Waals surface area contributed by atoms with E-state index in [0.717, 1.165) is 22.4 Å². The summed E-state index contributed by atoms with van der Waals surface area (Å²) in [4.78, 5) is 12.9. The number of benzene rings is 4. The normalized spacial score (nSPS) is 13.2. The molecule has 0 aliphatic rings. The standard InChI is InChI=1S/C40H49NO4Si/c1-31(29-44-46(40(5,6)7,36-19-13-9-14-20-36)37-21-15-10-16-22-37)27-34(41-38(42)45-39(2,3)4)28-32-23-25-35(26-24-32)43-30-33-17-11-8-12-18-33/h8-27,34H,28-30H2,1-7H3,(H,41,42)/b31-27+/t34-/m1/s1. The van der Waals surface area contributed by atoms with Crippen molar-refractivity contribution in [3.05, 3.63) is 138 Å². The first kappa shape index (κ1) is 34.7. The van der Waals surface area contributed by atoms with E-state index >= 15 is 0 Å². The van der Waals surface area contributed by atoms with Gasteiger partial charge in [0.15, 0.2) is 0 Å². The van der Waals surface area contributed by atoms with Crippen LogP contribution in [0.15, 0.2) is 127 Å². The number of nitrogens with one attached hydrogen (secondary N) is 1. The molecule has 0 saturated heterocycles. The Bertz CT molecular complexity index is 1500. The van der Waals surface area contributed by atoms with E-state index in [0.29, 0.717) is 19.6 Å². The van der Waals surface area contributed by atoms with E-state index in [2.05, 4.69) is 99.8 Å². The van der Waals surface area contributed by atoms with E-state index < -0.39 is 20.0 Å². The Labute approximate surface area is 276 Å². The van der Waals surface area contributed by atoms with Gasteiger partial charge in [0.2, 0.25) is 0 Å². The predicted molar refractivity (Wildman–Crippen MR) is 191 cm³/mol. The zero-order chi connectivity index (χ0) is 33.2. The number of hydrogen-bond donors (Lipinski definition) is 1. The highest BCUT2D eigenvalue weighted by Crippen LogP contribution is 2.37. The maximum absolute atomic E-state index is 12.9. The molecular formula is C40H49NO4Si. The molecule has 0 bridgehead atoms. The average Bonchev–Trinajstić information content (AvgIpc) is 3.01. The van der Waals surface area contributed by atoms with Crippen LogP contribution in [-0.4, -0.2) is 32.7 Å². The fraction of sp³-hybridized carbons (Fsp3) is 0.325. The third-order valence-electron chi connectivity index (χ3n) is 7.75. The Balaban J connectivity index is 1.56. The van der Waals surface area contributed by atoms with Crippen LogP contribution in [-0.2, 0) is 22.2 Å². The number of carbonyl (C=O) groups excluding carboxylic acids is 1. The summed E-state index contributed by atoms with van der Waals surface area (Å²) in [6, 6.07) is 39.1. The molecule has 1 atom stereocenters. The summed E-state index contributed by atoms with van der Waals surface area (Å²) in [5.74, 6) is 0.801. The highest BCUT2D eigenvalue weighted by Gasteiger charge is 2.50. The summed E-state index contributed by atoms with van der Waals surface area (Å²) in [5, 5.41) is 5.43. The first-order chi connectivity index (χ1) is 21.9. The zero-order valence-corrected chi connectivity index (χ0v) is 29.4. The van der Waals surface area contributed by atoms with Gasteiger partial charge in [-0.3, -0.25) is 0 Å². The van der Waals surface area contributed by atoms with Gasteiger partial charge in [-0.25, -0.2) is 4.79 Å². The topological polar surface area (TPSA) is 56.8 Å². The molecule has 4 rings (SSSR count). The molecule has 5 nitrogen and oxygen atoms in total. The largest absolute Gasteiger partial charge is 0.489 e. The molecule has 0 fully saturated rings. The Morgan fingerprint density at radius 3 is 1.76 bits per heavy atom. The van der Waals surface area contributed by atoms with Crippen molar-refractivity contribution in [2.45, 2.75) is 78.2 Å². The molecule has 4 aromatic carbocycles. The lowest BCUT2D eigenvalue weighted by Crippen LogP contribution is -2.66. The molecule has 0 saturated carbocycles. The smallest absolute Gasteiger partial charge is 0.408 e. The maximum atomic E-state index is 12.9. The van der Waals surface area contributed by atoms with Crippen LogP contribution in [0.1, 0.15) is 59.6 Å². The first-order valence-corrected chi connectivity index (χ1v) is 17.9. The average molecular weight is 636 g/mol. The van der Waals surface area contributed by atoms with Crippen molar-refractivity contribution in [2.75, 3.05) is 6.61 Å². The number of rotatable bonds is 12. The minimum absolute atomic E-state index is 0.130. The Morgan fingerprint density at radius 1 is 0.739 bits per heavy atom. The van der Waals surface area contributed by atoms with Gasteiger partial charge in [0, 0.05) is 0 Å². The van der Waals surface area contributed by atoms with Crippen LogP contribution >= 0.6 is 0 Å². The van der Waals surface area contributed by atoms with Crippen molar-refractivity contribution in [1.29, 1.82) is 0 Å². The number of carbonyl (C=O) groups is 1. The fourth-order valence-corrected chi connectivity index (χ4v) is 10.3. The van der Waals surface area contributed by atoms with Crippen LogP contribution in [0.5, 0.6) is 5.75 Å². The van der Waals surface area contributed by atoms with Crippen molar-refractivity contribution in [3.63, 3.8) is 0 Å². The van der Waals surface area contributed by atoms with Crippen LogP contribution in [0.25, 0.3) is 0 Å². The molecule has 0 radical (unpaired) electrons. The molecule has 242 valence electrons. The van der Waals surface area contributed by atoms with Gasteiger partial charge in [-0.1, -0.05) is 136 Å². The summed E-state index contributed by atoms with van der Waals surface area (Å²) in [5.41, 5.74) is 2.63. The van der Waals surface area contributed by atoms with E-state index in [9.17, 15) is 4.79 Å².